The average Bonchev–Trinajstić information content (AvgIpc) is 2.66. The van der Waals surface area contributed by atoms with Gasteiger partial charge in [0.2, 0.25) is 5.43 Å². The van der Waals surface area contributed by atoms with Crippen LogP contribution in [-0.4, -0.2) is 40.6 Å². The van der Waals surface area contributed by atoms with Crippen molar-refractivity contribution < 1.29 is 9.90 Å². The monoisotopic (exact) mass is 352 g/mol. The van der Waals surface area contributed by atoms with Crippen LogP contribution in [-0.2, 0) is 0 Å². The minimum atomic E-state index is -0.410. The highest BCUT2D eigenvalue weighted by atomic mass is 16.3. The fraction of sp³-hybridized carbons (Fsp3) is 0.211. The van der Waals surface area contributed by atoms with Gasteiger partial charge < -0.3 is 20.3 Å². The molecule has 2 heterocycles. The Morgan fingerprint density at radius 1 is 1.27 bits per heavy atom. The quantitative estimate of drug-likeness (QED) is 0.629. The predicted octanol–water partition coefficient (Wildman–Crippen LogP) is 1.88. The third-order valence-electron chi connectivity index (χ3n) is 4.14. The average molecular weight is 352 g/mol. The Bertz CT molecular complexity index is 966. The second kappa shape index (κ2) is 7.69. The molecule has 0 radical (unpaired) electrons. The lowest BCUT2D eigenvalue weighted by Crippen LogP contribution is -2.37. The molecular formula is C19H20N4O3. The number of rotatable bonds is 6. The summed E-state index contributed by atoms with van der Waals surface area (Å²) in [5.74, 6) is 0.406. The molecule has 0 aliphatic carbocycles. The third-order valence-corrected chi connectivity index (χ3v) is 4.14. The first-order valence-electron chi connectivity index (χ1n) is 8.38. The molecule has 0 unspecified atom stereocenters. The van der Waals surface area contributed by atoms with E-state index in [1.165, 1.54) is 12.4 Å². The highest BCUT2D eigenvalue weighted by molar-refractivity contribution is 5.97. The maximum atomic E-state index is 12.5. The molecule has 1 aromatic carbocycles. The SMILES string of the molecule is CCN(CCNC(=O)c1c[nH]c2ccccc2c1=O)c1ccc(O)cn1. The van der Waals surface area contributed by atoms with Gasteiger partial charge in [-0.2, -0.15) is 0 Å². The summed E-state index contributed by atoms with van der Waals surface area (Å²) in [4.78, 5) is 33.9. The Balaban J connectivity index is 1.66. The lowest BCUT2D eigenvalue weighted by Gasteiger charge is -2.22. The highest BCUT2D eigenvalue weighted by Gasteiger charge is 2.13. The first-order valence-corrected chi connectivity index (χ1v) is 8.38. The number of hydrogen-bond donors (Lipinski definition) is 3. The molecule has 26 heavy (non-hydrogen) atoms. The molecule has 0 spiro atoms. The number of H-pyrrole nitrogens is 1. The lowest BCUT2D eigenvalue weighted by molar-refractivity contribution is 0.0953. The van der Waals surface area contributed by atoms with Crippen molar-refractivity contribution in [3.05, 3.63) is 64.6 Å². The van der Waals surface area contributed by atoms with Crippen molar-refractivity contribution in [1.82, 2.24) is 15.3 Å². The second-order valence-corrected chi connectivity index (χ2v) is 5.79. The van der Waals surface area contributed by atoms with Crippen molar-refractivity contribution in [2.24, 2.45) is 0 Å². The number of nitrogens with one attached hydrogen (secondary N) is 2. The van der Waals surface area contributed by atoms with E-state index in [1.54, 1.807) is 30.3 Å². The molecule has 0 aliphatic rings. The number of para-hydroxylation sites is 1. The molecule has 0 saturated carbocycles. The summed E-state index contributed by atoms with van der Waals surface area (Å²) in [5.41, 5.74) is 0.503. The van der Waals surface area contributed by atoms with Crippen LogP contribution in [0.2, 0.25) is 0 Å². The minimum absolute atomic E-state index is 0.0921. The Morgan fingerprint density at radius 2 is 2.08 bits per heavy atom. The lowest BCUT2D eigenvalue weighted by atomic mass is 10.1. The number of fused-ring (bicyclic) bond motifs is 1. The van der Waals surface area contributed by atoms with Crippen molar-refractivity contribution in [3.63, 3.8) is 0 Å². The van der Waals surface area contributed by atoms with Crippen LogP contribution in [0.15, 0.2) is 53.6 Å². The number of aromatic nitrogens is 2. The van der Waals surface area contributed by atoms with Gasteiger partial charge in [-0.15, -0.1) is 0 Å². The van der Waals surface area contributed by atoms with Crippen molar-refractivity contribution in [3.8, 4) is 5.75 Å². The number of aromatic hydroxyl groups is 1. The number of amides is 1. The second-order valence-electron chi connectivity index (χ2n) is 5.79. The van der Waals surface area contributed by atoms with Crippen molar-refractivity contribution in [2.75, 3.05) is 24.5 Å². The van der Waals surface area contributed by atoms with Gasteiger partial charge in [-0.25, -0.2) is 4.98 Å². The van der Waals surface area contributed by atoms with Crippen LogP contribution in [0.4, 0.5) is 5.82 Å². The van der Waals surface area contributed by atoms with E-state index in [2.05, 4.69) is 15.3 Å². The fourth-order valence-corrected chi connectivity index (χ4v) is 2.74. The Morgan fingerprint density at radius 3 is 2.81 bits per heavy atom. The van der Waals surface area contributed by atoms with Gasteiger partial charge >= 0.3 is 0 Å². The summed E-state index contributed by atoms with van der Waals surface area (Å²) in [7, 11) is 0. The Labute approximate surface area is 150 Å². The predicted molar refractivity (Wildman–Crippen MR) is 101 cm³/mol. The van der Waals surface area contributed by atoms with Crippen molar-refractivity contribution >= 4 is 22.6 Å². The molecule has 1 amide bonds. The molecule has 0 bridgehead atoms. The van der Waals surface area contributed by atoms with E-state index in [4.69, 9.17) is 0 Å². The summed E-state index contributed by atoms with van der Waals surface area (Å²) in [6.45, 7) is 3.57. The number of carbonyl (C=O) groups excluding carboxylic acids is 1. The van der Waals surface area contributed by atoms with Gasteiger partial charge in [0.25, 0.3) is 5.91 Å². The normalized spacial score (nSPS) is 10.7. The zero-order valence-corrected chi connectivity index (χ0v) is 14.4. The standard InChI is InChI=1S/C19H20N4O3/c1-2-23(17-8-7-13(24)11-22-17)10-9-20-19(26)15-12-21-16-6-4-3-5-14(16)18(15)25/h3-8,11-12,24H,2,9-10H2,1H3,(H,20,26)(H,21,25). The summed E-state index contributed by atoms with van der Waals surface area (Å²) < 4.78 is 0. The van der Waals surface area contributed by atoms with Crippen LogP contribution in [0.1, 0.15) is 17.3 Å². The Hall–Kier alpha value is -3.35. The molecule has 3 N–H and O–H groups in total. The molecule has 2 aromatic heterocycles. The van der Waals surface area contributed by atoms with Crippen LogP contribution >= 0.6 is 0 Å². The number of anilines is 1. The molecule has 0 atom stereocenters. The van der Waals surface area contributed by atoms with Gasteiger partial charge in [0.15, 0.2) is 0 Å². The Kier molecular flexibility index (Phi) is 5.17. The largest absolute Gasteiger partial charge is 0.506 e. The van der Waals surface area contributed by atoms with Crippen LogP contribution in [0.5, 0.6) is 5.75 Å². The van der Waals surface area contributed by atoms with Crippen molar-refractivity contribution in [2.45, 2.75) is 6.92 Å². The molecule has 0 fully saturated rings. The summed E-state index contributed by atoms with van der Waals surface area (Å²) in [5, 5.41) is 12.6. The highest BCUT2D eigenvalue weighted by Crippen LogP contribution is 2.13. The van der Waals surface area contributed by atoms with E-state index in [-0.39, 0.29) is 16.7 Å². The smallest absolute Gasteiger partial charge is 0.256 e. The zero-order valence-electron chi connectivity index (χ0n) is 14.4. The number of nitrogens with zero attached hydrogens (tertiary/aromatic N) is 2. The maximum absolute atomic E-state index is 12.5. The molecule has 7 nitrogen and oxygen atoms in total. The zero-order chi connectivity index (χ0) is 18.5. The number of benzene rings is 1. The van der Waals surface area contributed by atoms with Crippen molar-refractivity contribution in [1.29, 1.82) is 0 Å². The number of likely N-dealkylation sites (N-methyl/N-ethyl adjacent to an activating group) is 1. The topological polar surface area (TPSA) is 98.3 Å². The summed E-state index contributed by atoms with van der Waals surface area (Å²) in [6, 6.07) is 10.4. The van der Waals surface area contributed by atoms with Gasteiger partial charge in [-0.3, -0.25) is 9.59 Å². The van der Waals surface area contributed by atoms with Crippen LogP contribution in [0.25, 0.3) is 10.9 Å². The summed E-state index contributed by atoms with van der Waals surface area (Å²) >= 11 is 0. The first kappa shape index (κ1) is 17.5. The van der Waals surface area contributed by atoms with E-state index >= 15 is 0 Å². The molecular weight excluding hydrogens is 332 g/mol. The number of carbonyl (C=O) groups is 1. The van der Waals surface area contributed by atoms with Gasteiger partial charge in [-0.1, -0.05) is 12.1 Å². The van der Waals surface area contributed by atoms with E-state index < -0.39 is 5.91 Å². The van der Waals surface area contributed by atoms with Crippen LogP contribution < -0.4 is 15.6 Å². The van der Waals surface area contributed by atoms with Crippen LogP contribution in [0.3, 0.4) is 0 Å². The van der Waals surface area contributed by atoms with Gasteiger partial charge in [0.05, 0.1) is 6.20 Å². The van der Waals surface area contributed by atoms with Gasteiger partial charge in [0.1, 0.15) is 17.1 Å². The number of aromatic amines is 1. The van der Waals surface area contributed by atoms with Gasteiger partial charge in [0, 0.05) is 36.7 Å². The van der Waals surface area contributed by atoms with E-state index in [9.17, 15) is 14.7 Å². The molecule has 7 heteroatoms. The molecule has 3 rings (SSSR count). The molecule has 134 valence electrons. The molecule has 0 saturated heterocycles. The molecule has 0 aliphatic heterocycles. The van der Waals surface area contributed by atoms with E-state index in [1.807, 2.05) is 17.9 Å². The third kappa shape index (κ3) is 3.66. The number of pyridine rings is 2. The first-order chi connectivity index (χ1) is 12.6. The maximum Gasteiger partial charge on any atom is 0.256 e. The minimum Gasteiger partial charge on any atom is -0.506 e. The van der Waals surface area contributed by atoms with Crippen LogP contribution in [0, 0.1) is 0 Å². The summed E-state index contributed by atoms with van der Waals surface area (Å²) in [6.07, 6.45) is 2.82. The van der Waals surface area contributed by atoms with Gasteiger partial charge in [-0.05, 0) is 31.2 Å². The number of hydrogen-bond acceptors (Lipinski definition) is 5. The molecule has 3 aromatic rings. The fourth-order valence-electron chi connectivity index (χ4n) is 2.74. The van der Waals surface area contributed by atoms with E-state index in [0.717, 1.165) is 0 Å². The van der Waals surface area contributed by atoms with E-state index in [0.29, 0.717) is 36.4 Å².